The predicted octanol–water partition coefficient (Wildman–Crippen LogP) is 2.39. The fourth-order valence-corrected chi connectivity index (χ4v) is 2.28. The number of ether oxygens (including phenoxy) is 3. The Morgan fingerprint density at radius 1 is 0.960 bits per heavy atom. The maximum absolute atomic E-state index is 5.80. The van der Waals surface area contributed by atoms with E-state index in [1.165, 1.54) is 0 Å². The Bertz CT molecular complexity index is 744. The fraction of sp³-hybridized carbons (Fsp3) is 0.471. The molecule has 0 amide bonds. The van der Waals surface area contributed by atoms with E-state index < -0.39 is 0 Å². The summed E-state index contributed by atoms with van der Waals surface area (Å²) in [7, 11) is 4.73. The molecule has 0 spiro atoms. The average Bonchev–Trinajstić information content (AvgIpc) is 2.57. The molecule has 0 atom stereocenters. The van der Waals surface area contributed by atoms with Gasteiger partial charge in [0.05, 0.1) is 21.3 Å². The summed E-state index contributed by atoms with van der Waals surface area (Å²) in [6.45, 7) is 6.48. The van der Waals surface area contributed by atoms with E-state index in [1.807, 2.05) is 32.9 Å². The molecule has 8 nitrogen and oxygen atoms in total. The number of nitrogens with zero attached hydrogens (tertiary/aromatic N) is 3. The minimum Gasteiger partial charge on any atom is -0.493 e. The molecule has 2 rings (SSSR count). The van der Waals surface area contributed by atoms with Gasteiger partial charge in [-0.2, -0.15) is 15.0 Å². The lowest BCUT2D eigenvalue weighted by atomic mass is 9.96. The van der Waals surface area contributed by atoms with Gasteiger partial charge in [-0.25, -0.2) is 0 Å². The lowest BCUT2D eigenvalue weighted by Gasteiger charge is -2.18. The van der Waals surface area contributed by atoms with Crippen LogP contribution < -0.4 is 25.3 Å². The molecular formula is C17H25N5O3. The lowest BCUT2D eigenvalue weighted by Crippen LogP contribution is -2.19. The van der Waals surface area contributed by atoms with Gasteiger partial charge in [-0.15, -0.1) is 0 Å². The largest absolute Gasteiger partial charge is 0.493 e. The van der Waals surface area contributed by atoms with E-state index in [1.54, 1.807) is 21.3 Å². The molecule has 0 saturated carbocycles. The van der Waals surface area contributed by atoms with E-state index in [-0.39, 0.29) is 11.4 Å². The van der Waals surface area contributed by atoms with E-state index in [2.05, 4.69) is 20.3 Å². The number of rotatable bonds is 6. The average molecular weight is 347 g/mol. The van der Waals surface area contributed by atoms with Gasteiger partial charge < -0.3 is 25.3 Å². The minimum atomic E-state index is -0.228. The van der Waals surface area contributed by atoms with Crippen molar-refractivity contribution in [3.05, 3.63) is 23.5 Å². The van der Waals surface area contributed by atoms with Gasteiger partial charge in [-0.05, 0) is 12.1 Å². The molecule has 0 aliphatic rings. The zero-order valence-corrected chi connectivity index (χ0v) is 15.5. The van der Waals surface area contributed by atoms with Gasteiger partial charge in [0.15, 0.2) is 11.5 Å². The molecule has 1 aromatic carbocycles. The quantitative estimate of drug-likeness (QED) is 0.821. The van der Waals surface area contributed by atoms with E-state index in [9.17, 15) is 0 Å². The van der Waals surface area contributed by atoms with Crippen molar-refractivity contribution in [1.82, 2.24) is 15.0 Å². The lowest BCUT2D eigenvalue weighted by molar-refractivity contribution is 0.322. The SMILES string of the molecule is COc1ccc(CNc2nc(N)nc(C(C)(C)C)n2)c(OC)c1OC. The smallest absolute Gasteiger partial charge is 0.228 e. The summed E-state index contributed by atoms with van der Waals surface area (Å²) >= 11 is 0. The number of benzene rings is 1. The molecule has 0 fully saturated rings. The van der Waals surface area contributed by atoms with Crippen molar-refractivity contribution in [2.24, 2.45) is 0 Å². The first-order chi connectivity index (χ1) is 11.8. The van der Waals surface area contributed by atoms with Gasteiger partial charge in [0.25, 0.3) is 0 Å². The molecule has 0 radical (unpaired) electrons. The van der Waals surface area contributed by atoms with Crippen LogP contribution in [0.15, 0.2) is 12.1 Å². The summed E-state index contributed by atoms with van der Waals surface area (Å²) in [5, 5.41) is 3.16. The highest BCUT2D eigenvalue weighted by Gasteiger charge is 2.20. The molecule has 1 heterocycles. The molecule has 0 saturated heterocycles. The minimum absolute atomic E-state index is 0.182. The highest BCUT2D eigenvalue weighted by Crippen LogP contribution is 2.39. The van der Waals surface area contributed by atoms with Crippen molar-refractivity contribution in [2.75, 3.05) is 32.4 Å². The number of nitrogens with one attached hydrogen (secondary N) is 1. The zero-order valence-electron chi connectivity index (χ0n) is 15.5. The Labute approximate surface area is 147 Å². The van der Waals surface area contributed by atoms with Crippen LogP contribution in [-0.4, -0.2) is 36.3 Å². The normalized spacial score (nSPS) is 11.1. The molecule has 8 heteroatoms. The van der Waals surface area contributed by atoms with E-state index in [4.69, 9.17) is 19.9 Å². The van der Waals surface area contributed by atoms with Crippen LogP contribution in [-0.2, 0) is 12.0 Å². The molecule has 3 N–H and O–H groups in total. The van der Waals surface area contributed by atoms with Crippen molar-refractivity contribution < 1.29 is 14.2 Å². The molecule has 2 aromatic rings. The van der Waals surface area contributed by atoms with Crippen LogP contribution >= 0.6 is 0 Å². The number of aromatic nitrogens is 3. The van der Waals surface area contributed by atoms with Crippen molar-refractivity contribution in [3.63, 3.8) is 0 Å². The summed E-state index contributed by atoms with van der Waals surface area (Å²) in [5.41, 5.74) is 6.45. The van der Waals surface area contributed by atoms with Crippen molar-refractivity contribution in [2.45, 2.75) is 32.7 Å². The van der Waals surface area contributed by atoms with Gasteiger partial charge >= 0.3 is 0 Å². The van der Waals surface area contributed by atoms with Crippen LogP contribution in [0.25, 0.3) is 0 Å². The molecular weight excluding hydrogens is 322 g/mol. The summed E-state index contributed by atoms with van der Waals surface area (Å²) in [4.78, 5) is 12.8. The second kappa shape index (κ2) is 7.42. The first-order valence-electron chi connectivity index (χ1n) is 7.84. The van der Waals surface area contributed by atoms with Crippen molar-refractivity contribution >= 4 is 11.9 Å². The maximum Gasteiger partial charge on any atom is 0.228 e. The summed E-state index contributed by atoms with van der Waals surface area (Å²) in [6, 6.07) is 3.71. The fourth-order valence-electron chi connectivity index (χ4n) is 2.28. The van der Waals surface area contributed by atoms with E-state index in [0.29, 0.717) is 35.6 Å². The standard InChI is InChI=1S/C17H25N5O3/c1-17(2,3)14-20-15(18)22-16(21-14)19-9-10-7-8-11(23-4)13(25-6)12(10)24-5/h7-8H,9H2,1-6H3,(H3,18,19,20,21,22). The number of anilines is 2. The zero-order chi connectivity index (χ0) is 18.6. The van der Waals surface area contributed by atoms with Crippen LogP contribution in [0, 0.1) is 0 Å². The molecule has 1 aromatic heterocycles. The van der Waals surface area contributed by atoms with Gasteiger partial charge in [-0.1, -0.05) is 20.8 Å². The van der Waals surface area contributed by atoms with Crippen molar-refractivity contribution in [1.29, 1.82) is 0 Å². The molecule has 0 aliphatic heterocycles. The highest BCUT2D eigenvalue weighted by molar-refractivity contribution is 5.56. The molecule has 136 valence electrons. The van der Waals surface area contributed by atoms with Crippen LogP contribution in [0.3, 0.4) is 0 Å². The second-order valence-electron chi connectivity index (χ2n) is 6.44. The second-order valence-corrected chi connectivity index (χ2v) is 6.44. The summed E-state index contributed by atoms with van der Waals surface area (Å²) in [6.07, 6.45) is 0. The van der Waals surface area contributed by atoms with Gasteiger partial charge in [0, 0.05) is 17.5 Å². The van der Waals surface area contributed by atoms with E-state index >= 15 is 0 Å². The summed E-state index contributed by atoms with van der Waals surface area (Å²) < 4.78 is 16.2. The van der Waals surface area contributed by atoms with Crippen LogP contribution in [0.5, 0.6) is 17.2 Å². The molecule has 0 aliphatic carbocycles. The Kier molecular flexibility index (Phi) is 5.51. The van der Waals surface area contributed by atoms with Gasteiger partial charge in [0.2, 0.25) is 17.6 Å². The van der Waals surface area contributed by atoms with Crippen molar-refractivity contribution in [3.8, 4) is 17.2 Å². The third kappa shape index (κ3) is 4.20. The highest BCUT2D eigenvalue weighted by atomic mass is 16.5. The predicted molar refractivity (Wildman–Crippen MR) is 96.4 cm³/mol. The van der Waals surface area contributed by atoms with Crippen LogP contribution in [0.2, 0.25) is 0 Å². The van der Waals surface area contributed by atoms with Crippen LogP contribution in [0.1, 0.15) is 32.2 Å². The Morgan fingerprint density at radius 3 is 2.20 bits per heavy atom. The number of nitrogen functional groups attached to an aromatic ring is 1. The monoisotopic (exact) mass is 347 g/mol. The Morgan fingerprint density at radius 2 is 1.64 bits per heavy atom. The number of hydrogen-bond donors (Lipinski definition) is 2. The number of hydrogen-bond acceptors (Lipinski definition) is 8. The first kappa shape index (κ1) is 18.6. The van der Waals surface area contributed by atoms with Gasteiger partial charge in [0.1, 0.15) is 5.82 Å². The Hall–Kier alpha value is -2.77. The summed E-state index contributed by atoms with van der Waals surface area (Å²) in [5.74, 6) is 2.95. The van der Waals surface area contributed by atoms with E-state index in [0.717, 1.165) is 5.56 Å². The molecule has 0 bridgehead atoms. The van der Waals surface area contributed by atoms with Crippen LogP contribution in [0.4, 0.5) is 11.9 Å². The molecule has 25 heavy (non-hydrogen) atoms. The topological polar surface area (TPSA) is 104 Å². The third-order valence-electron chi connectivity index (χ3n) is 3.55. The molecule has 0 unspecified atom stereocenters. The first-order valence-corrected chi connectivity index (χ1v) is 7.84. The van der Waals surface area contributed by atoms with Gasteiger partial charge in [-0.3, -0.25) is 0 Å². The Balaban J connectivity index is 2.29. The third-order valence-corrected chi connectivity index (χ3v) is 3.55. The number of methoxy groups -OCH3 is 3. The number of nitrogens with two attached hydrogens (primary N) is 1. The maximum atomic E-state index is 5.80.